The van der Waals surface area contributed by atoms with Crippen molar-refractivity contribution in [3.8, 4) is 0 Å². The molecule has 1 fully saturated rings. The van der Waals surface area contributed by atoms with Gasteiger partial charge in [0.25, 0.3) is 0 Å². The first-order valence-electron chi connectivity index (χ1n) is 13.5. The van der Waals surface area contributed by atoms with Gasteiger partial charge in [0.1, 0.15) is 12.7 Å². The Balaban J connectivity index is 2.07. The minimum absolute atomic E-state index is 0.193. The SMILES string of the molecule is CO[C@H]1O[C@H](COC(=O)C(C)(C)C)[C@@H](OC(=O)c2ccc(Br)cc2)[C@H](OC(=O)c2ccc(Br)cc2)[C@H]1OC(=O)C(C)(C)C. The number of rotatable bonds is 8. The zero-order chi connectivity index (χ0) is 32.1. The van der Waals surface area contributed by atoms with Gasteiger partial charge in [-0.25, -0.2) is 9.59 Å². The molecule has 0 aromatic heterocycles. The van der Waals surface area contributed by atoms with E-state index in [0.717, 1.165) is 8.95 Å². The largest absolute Gasteiger partial charge is 0.462 e. The maximum absolute atomic E-state index is 13.4. The fourth-order valence-electron chi connectivity index (χ4n) is 3.83. The van der Waals surface area contributed by atoms with Gasteiger partial charge in [-0.1, -0.05) is 31.9 Å². The molecule has 0 aliphatic carbocycles. The number of carbonyl (C=O) groups is 4. The summed E-state index contributed by atoms with van der Waals surface area (Å²) in [6, 6.07) is 12.8. The molecule has 0 radical (unpaired) electrons. The second kappa shape index (κ2) is 14.3. The predicted molar refractivity (Wildman–Crippen MR) is 162 cm³/mol. The second-order valence-electron chi connectivity index (χ2n) is 12.0. The topological polar surface area (TPSA) is 124 Å². The number of hydrogen-bond donors (Lipinski definition) is 0. The summed E-state index contributed by atoms with van der Waals surface area (Å²) in [7, 11) is 1.32. The molecule has 12 heteroatoms. The van der Waals surface area contributed by atoms with Crippen LogP contribution in [-0.4, -0.2) is 68.3 Å². The van der Waals surface area contributed by atoms with Gasteiger partial charge in [-0.15, -0.1) is 0 Å². The third-order valence-electron chi connectivity index (χ3n) is 6.32. The Kier molecular flexibility index (Phi) is 11.6. The molecule has 234 valence electrons. The van der Waals surface area contributed by atoms with Crippen molar-refractivity contribution in [1.82, 2.24) is 0 Å². The van der Waals surface area contributed by atoms with Crippen molar-refractivity contribution in [1.29, 1.82) is 0 Å². The molecular formula is C31H36Br2O10. The van der Waals surface area contributed by atoms with E-state index in [1.807, 2.05) is 0 Å². The van der Waals surface area contributed by atoms with E-state index in [9.17, 15) is 19.2 Å². The van der Waals surface area contributed by atoms with Crippen LogP contribution in [0.1, 0.15) is 62.3 Å². The maximum atomic E-state index is 13.4. The van der Waals surface area contributed by atoms with Crippen LogP contribution in [0.2, 0.25) is 0 Å². The number of carbonyl (C=O) groups excluding carboxylic acids is 4. The number of benzene rings is 2. The first-order valence-corrected chi connectivity index (χ1v) is 15.1. The van der Waals surface area contributed by atoms with E-state index in [4.69, 9.17) is 28.4 Å². The zero-order valence-corrected chi connectivity index (χ0v) is 28.2. The van der Waals surface area contributed by atoms with Gasteiger partial charge in [-0.3, -0.25) is 9.59 Å². The lowest BCUT2D eigenvalue weighted by atomic mass is 9.95. The molecule has 5 atom stereocenters. The third kappa shape index (κ3) is 9.34. The van der Waals surface area contributed by atoms with Gasteiger partial charge in [-0.2, -0.15) is 0 Å². The highest BCUT2D eigenvalue weighted by Crippen LogP contribution is 2.33. The lowest BCUT2D eigenvalue weighted by Crippen LogP contribution is -2.63. The highest BCUT2D eigenvalue weighted by Gasteiger charge is 2.54. The average molecular weight is 728 g/mol. The van der Waals surface area contributed by atoms with E-state index in [1.54, 1.807) is 90.1 Å². The Labute approximate surface area is 267 Å². The molecule has 1 aliphatic heterocycles. The second-order valence-corrected chi connectivity index (χ2v) is 13.8. The van der Waals surface area contributed by atoms with Crippen molar-refractivity contribution in [3.05, 3.63) is 68.6 Å². The van der Waals surface area contributed by atoms with Gasteiger partial charge >= 0.3 is 23.9 Å². The minimum atomic E-state index is -1.42. The molecule has 10 nitrogen and oxygen atoms in total. The molecule has 0 saturated carbocycles. The number of hydrogen-bond acceptors (Lipinski definition) is 10. The lowest BCUT2D eigenvalue weighted by Gasteiger charge is -2.44. The number of ether oxygens (including phenoxy) is 6. The van der Waals surface area contributed by atoms with Crippen molar-refractivity contribution >= 4 is 55.7 Å². The summed E-state index contributed by atoms with van der Waals surface area (Å²) in [6.07, 6.45) is -6.59. The highest BCUT2D eigenvalue weighted by molar-refractivity contribution is 9.10. The molecule has 0 bridgehead atoms. The van der Waals surface area contributed by atoms with Gasteiger partial charge in [0.15, 0.2) is 24.6 Å². The van der Waals surface area contributed by atoms with Gasteiger partial charge in [0.2, 0.25) is 0 Å². The number of esters is 4. The van der Waals surface area contributed by atoms with Crippen LogP contribution in [0.15, 0.2) is 57.5 Å². The van der Waals surface area contributed by atoms with E-state index in [-0.39, 0.29) is 17.7 Å². The molecule has 0 N–H and O–H groups in total. The summed E-state index contributed by atoms with van der Waals surface area (Å²) in [5.41, 5.74) is -1.39. The van der Waals surface area contributed by atoms with E-state index in [2.05, 4.69) is 31.9 Å². The van der Waals surface area contributed by atoms with Crippen LogP contribution >= 0.6 is 31.9 Å². The molecule has 1 saturated heterocycles. The van der Waals surface area contributed by atoms with Crippen molar-refractivity contribution in [3.63, 3.8) is 0 Å². The minimum Gasteiger partial charge on any atom is -0.462 e. The quantitative estimate of drug-likeness (QED) is 0.241. The Morgan fingerprint density at radius 3 is 1.53 bits per heavy atom. The van der Waals surface area contributed by atoms with Crippen LogP contribution in [0.4, 0.5) is 0 Å². The standard InChI is InChI=1S/C31H36Br2O10/c1-30(2,3)28(36)39-16-21-22(41-25(34)17-8-12-19(32)13-9-17)23(42-26(35)18-10-14-20(33)15-11-18)24(27(38-7)40-21)43-29(37)31(4,5)6/h8-15,21-24,27H,16H2,1-7H3/t21-,22-,23+,24-,27+/m1/s1. The van der Waals surface area contributed by atoms with Crippen LogP contribution in [0, 0.1) is 10.8 Å². The summed E-state index contributed by atoms with van der Waals surface area (Å²) in [5, 5.41) is 0. The van der Waals surface area contributed by atoms with Crippen LogP contribution in [0.3, 0.4) is 0 Å². The van der Waals surface area contributed by atoms with E-state index >= 15 is 0 Å². The smallest absolute Gasteiger partial charge is 0.338 e. The van der Waals surface area contributed by atoms with Crippen molar-refractivity contribution in [2.75, 3.05) is 13.7 Å². The molecule has 2 aromatic rings. The predicted octanol–water partition coefficient (Wildman–Crippen LogP) is 5.88. The summed E-state index contributed by atoms with van der Waals surface area (Å²) in [5.74, 6) is -2.72. The summed E-state index contributed by atoms with van der Waals surface area (Å²) in [4.78, 5) is 52.5. The Morgan fingerprint density at radius 1 is 0.674 bits per heavy atom. The summed E-state index contributed by atoms with van der Waals surface area (Å²) in [6.45, 7) is 9.65. The first-order chi connectivity index (χ1) is 20.0. The van der Waals surface area contributed by atoms with Crippen LogP contribution < -0.4 is 0 Å². The van der Waals surface area contributed by atoms with Crippen molar-refractivity contribution in [2.24, 2.45) is 10.8 Å². The van der Waals surface area contributed by atoms with Crippen molar-refractivity contribution in [2.45, 2.75) is 72.2 Å². The van der Waals surface area contributed by atoms with Gasteiger partial charge in [0.05, 0.1) is 22.0 Å². The van der Waals surface area contributed by atoms with Crippen LogP contribution in [-0.2, 0) is 38.0 Å². The molecule has 3 rings (SSSR count). The average Bonchev–Trinajstić information content (AvgIpc) is 2.93. The number of halogens is 2. The summed E-state index contributed by atoms with van der Waals surface area (Å²) < 4.78 is 36.3. The molecule has 43 heavy (non-hydrogen) atoms. The fraction of sp³-hybridized carbons (Fsp3) is 0.484. The van der Waals surface area contributed by atoms with E-state index < -0.39 is 65.4 Å². The lowest BCUT2D eigenvalue weighted by molar-refractivity contribution is -0.299. The van der Waals surface area contributed by atoms with Crippen LogP contribution in [0.25, 0.3) is 0 Å². The van der Waals surface area contributed by atoms with Gasteiger partial charge in [-0.05, 0) is 90.1 Å². The van der Waals surface area contributed by atoms with Crippen LogP contribution in [0.5, 0.6) is 0 Å². The highest BCUT2D eigenvalue weighted by atomic mass is 79.9. The third-order valence-corrected chi connectivity index (χ3v) is 7.37. The molecule has 1 heterocycles. The molecule has 2 aromatic carbocycles. The first kappa shape index (κ1) is 34.7. The Hall–Kier alpha value is -2.80. The number of methoxy groups -OCH3 is 1. The van der Waals surface area contributed by atoms with E-state index in [0.29, 0.717) is 0 Å². The monoisotopic (exact) mass is 726 g/mol. The fourth-order valence-corrected chi connectivity index (χ4v) is 4.36. The summed E-state index contributed by atoms with van der Waals surface area (Å²) >= 11 is 6.67. The molecule has 0 unspecified atom stereocenters. The zero-order valence-electron chi connectivity index (χ0n) is 25.1. The van der Waals surface area contributed by atoms with Crippen molar-refractivity contribution < 1.29 is 47.6 Å². The van der Waals surface area contributed by atoms with E-state index in [1.165, 1.54) is 7.11 Å². The molecule has 0 amide bonds. The molecular weight excluding hydrogens is 692 g/mol. The maximum Gasteiger partial charge on any atom is 0.338 e. The van der Waals surface area contributed by atoms with Gasteiger partial charge < -0.3 is 28.4 Å². The molecule has 1 aliphatic rings. The Bertz CT molecular complexity index is 1300. The normalized spacial score (nSPS) is 22.3. The van der Waals surface area contributed by atoms with Gasteiger partial charge in [0, 0.05) is 16.1 Å². The molecule has 0 spiro atoms. The Morgan fingerprint density at radius 2 is 1.12 bits per heavy atom.